The van der Waals surface area contributed by atoms with E-state index in [9.17, 15) is 4.79 Å². The summed E-state index contributed by atoms with van der Waals surface area (Å²) in [5.74, 6) is 0.259. The molecule has 1 N–H and O–H groups in total. The molecule has 0 aromatic carbocycles. The number of aryl methyl sites for hydroxylation is 1. The van der Waals surface area contributed by atoms with Crippen LogP contribution in [0.3, 0.4) is 0 Å². The Morgan fingerprint density at radius 1 is 1.53 bits per heavy atom. The van der Waals surface area contributed by atoms with Crippen molar-refractivity contribution in [3.63, 3.8) is 0 Å². The maximum atomic E-state index is 12.0. The summed E-state index contributed by atoms with van der Waals surface area (Å²) in [6.07, 6.45) is 4.94. The Balaban J connectivity index is 1.81. The molecular formula is C13H19N3O. The Hall–Kier alpha value is -1.42. The van der Waals surface area contributed by atoms with E-state index in [0.29, 0.717) is 12.5 Å². The molecule has 0 spiro atoms. The van der Waals surface area contributed by atoms with E-state index in [1.807, 2.05) is 17.0 Å². The average molecular weight is 233 g/mol. The molecule has 92 valence electrons. The van der Waals surface area contributed by atoms with Gasteiger partial charge in [0.2, 0.25) is 5.91 Å². The molecule has 1 saturated heterocycles. The van der Waals surface area contributed by atoms with Gasteiger partial charge in [-0.15, -0.1) is 0 Å². The minimum atomic E-state index is 0.259. The van der Waals surface area contributed by atoms with Gasteiger partial charge in [-0.05, 0) is 31.0 Å². The van der Waals surface area contributed by atoms with Crippen molar-refractivity contribution in [2.45, 2.75) is 25.8 Å². The highest BCUT2D eigenvalue weighted by molar-refractivity contribution is 5.76. The van der Waals surface area contributed by atoms with E-state index in [1.165, 1.54) is 5.56 Å². The summed E-state index contributed by atoms with van der Waals surface area (Å²) in [7, 11) is 0. The number of hydrogen-bond acceptors (Lipinski definition) is 3. The van der Waals surface area contributed by atoms with Crippen LogP contribution in [-0.4, -0.2) is 41.5 Å². The molecule has 1 aliphatic rings. The molecular weight excluding hydrogens is 214 g/mol. The Bertz CT molecular complexity index is 366. The van der Waals surface area contributed by atoms with E-state index >= 15 is 0 Å². The van der Waals surface area contributed by atoms with E-state index in [-0.39, 0.29) is 5.91 Å². The second-order valence-electron chi connectivity index (χ2n) is 4.55. The molecule has 1 aliphatic heterocycles. The van der Waals surface area contributed by atoms with Crippen molar-refractivity contribution in [3.05, 3.63) is 30.1 Å². The fourth-order valence-electron chi connectivity index (χ4n) is 2.12. The van der Waals surface area contributed by atoms with E-state index < -0.39 is 0 Å². The van der Waals surface area contributed by atoms with Crippen molar-refractivity contribution < 1.29 is 4.79 Å². The SMILES string of the molecule is C[C@H]1CN(C(=O)CCc2ccncc2)CCN1. The lowest BCUT2D eigenvalue weighted by molar-refractivity contribution is -0.132. The van der Waals surface area contributed by atoms with Gasteiger partial charge in [-0.2, -0.15) is 0 Å². The molecule has 2 heterocycles. The van der Waals surface area contributed by atoms with Crippen molar-refractivity contribution in [1.29, 1.82) is 0 Å². The number of rotatable bonds is 3. The number of nitrogens with one attached hydrogen (secondary N) is 1. The van der Waals surface area contributed by atoms with Gasteiger partial charge in [0.1, 0.15) is 0 Å². The minimum absolute atomic E-state index is 0.259. The summed E-state index contributed by atoms with van der Waals surface area (Å²) in [5, 5.41) is 3.34. The standard InChI is InChI=1S/C13H19N3O/c1-11-10-16(9-8-15-11)13(17)3-2-12-4-6-14-7-5-12/h4-7,11,15H,2-3,8-10H2,1H3/t11-/m0/s1. The Morgan fingerprint density at radius 2 is 2.29 bits per heavy atom. The quantitative estimate of drug-likeness (QED) is 0.841. The van der Waals surface area contributed by atoms with E-state index in [1.54, 1.807) is 12.4 Å². The van der Waals surface area contributed by atoms with Crippen molar-refractivity contribution in [2.24, 2.45) is 0 Å². The molecule has 4 nitrogen and oxygen atoms in total. The van der Waals surface area contributed by atoms with Crippen LogP contribution in [-0.2, 0) is 11.2 Å². The fraction of sp³-hybridized carbons (Fsp3) is 0.538. The van der Waals surface area contributed by atoms with Crippen LogP contribution in [0.2, 0.25) is 0 Å². The van der Waals surface area contributed by atoms with Gasteiger partial charge in [0.25, 0.3) is 0 Å². The van der Waals surface area contributed by atoms with Crippen LogP contribution in [0.15, 0.2) is 24.5 Å². The molecule has 0 bridgehead atoms. The first-order chi connectivity index (χ1) is 8.25. The third-order valence-corrected chi connectivity index (χ3v) is 3.10. The maximum absolute atomic E-state index is 12.0. The number of aromatic nitrogens is 1. The largest absolute Gasteiger partial charge is 0.340 e. The van der Waals surface area contributed by atoms with E-state index in [4.69, 9.17) is 0 Å². The van der Waals surface area contributed by atoms with Gasteiger partial charge >= 0.3 is 0 Å². The predicted octanol–water partition coefficient (Wildman–Crippen LogP) is 0.835. The highest BCUT2D eigenvalue weighted by Gasteiger charge is 2.19. The summed E-state index contributed by atoms with van der Waals surface area (Å²) in [4.78, 5) is 17.9. The molecule has 4 heteroatoms. The van der Waals surface area contributed by atoms with Gasteiger partial charge in [0, 0.05) is 44.5 Å². The third kappa shape index (κ3) is 3.53. The molecule has 0 unspecified atom stereocenters. The zero-order chi connectivity index (χ0) is 12.1. The van der Waals surface area contributed by atoms with Gasteiger partial charge in [-0.3, -0.25) is 9.78 Å². The molecule has 0 aliphatic carbocycles. The topological polar surface area (TPSA) is 45.2 Å². The van der Waals surface area contributed by atoms with Gasteiger partial charge in [0.15, 0.2) is 0 Å². The van der Waals surface area contributed by atoms with E-state index in [2.05, 4.69) is 17.2 Å². The summed E-state index contributed by atoms with van der Waals surface area (Å²) < 4.78 is 0. The molecule has 1 amide bonds. The van der Waals surface area contributed by atoms with Gasteiger partial charge in [0.05, 0.1) is 0 Å². The van der Waals surface area contributed by atoms with Crippen LogP contribution in [0.5, 0.6) is 0 Å². The molecule has 1 aromatic rings. The number of carbonyl (C=O) groups excluding carboxylic acids is 1. The first-order valence-corrected chi connectivity index (χ1v) is 6.16. The third-order valence-electron chi connectivity index (χ3n) is 3.10. The smallest absolute Gasteiger partial charge is 0.222 e. The molecule has 0 saturated carbocycles. The first kappa shape index (κ1) is 12.0. The summed E-state index contributed by atoms with van der Waals surface area (Å²) in [6.45, 7) is 4.68. The van der Waals surface area contributed by atoms with Crippen LogP contribution in [0.25, 0.3) is 0 Å². The Labute approximate surface area is 102 Å². The first-order valence-electron chi connectivity index (χ1n) is 6.16. The highest BCUT2D eigenvalue weighted by Crippen LogP contribution is 2.06. The van der Waals surface area contributed by atoms with Crippen molar-refractivity contribution in [1.82, 2.24) is 15.2 Å². The molecule has 0 radical (unpaired) electrons. The molecule has 2 rings (SSSR count). The van der Waals surface area contributed by atoms with Crippen LogP contribution >= 0.6 is 0 Å². The second-order valence-corrected chi connectivity index (χ2v) is 4.55. The van der Waals surface area contributed by atoms with Gasteiger partial charge < -0.3 is 10.2 Å². The normalized spacial score (nSPS) is 20.3. The fourth-order valence-corrected chi connectivity index (χ4v) is 2.12. The Kier molecular flexibility index (Phi) is 4.09. The number of nitrogens with zero attached hydrogens (tertiary/aromatic N) is 2. The lowest BCUT2D eigenvalue weighted by Crippen LogP contribution is -2.51. The lowest BCUT2D eigenvalue weighted by Gasteiger charge is -2.32. The molecule has 17 heavy (non-hydrogen) atoms. The highest BCUT2D eigenvalue weighted by atomic mass is 16.2. The van der Waals surface area contributed by atoms with Crippen LogP contribution in [0.4, 0.5) is 0 Å². The maximum Gasteiger partial charge on any atom is 0.222 e. The second kappa shape index (κ2) is 5.77. The van der Waals surface area contributed by atoms with Crippen molar-refractivity contribution in [3.8, 4) is 0 Å². The number of hydrogen-bond donors (Lipinski definition) is 1. The zero-order valence-electron chi connectivity index (χ0n) is 10.2. The Morgan fingerprint density at radius 3 is 3.00 bits per heavy atom. The molecule has 1 fully saturated rings. The molecule has 1 aromatic heterocycles. The van der Waals surface area contributed by atoms with Crippen molar-refractivity contribution in [2.75, 3.05) is 19.6 Å². The predicted molar refractivity (Wildman–Crippen MR) is 66.6 cm³/mol. The average Bonchev–Trinajstić information content (AvgIpc) is 2.37. The number of carbonyl (C=O) groups is 1. The summed E-state index contributed by atoms with van der Waals surface area (Å²) in [5.41, 5.74) is 1.18. The van der Waals surface area contributed by atoms with Crippen LogP contribution in [0, 0.1) is 0 Å². The van der Waals surface area contributed by atoms with Gasteiger partial charge in [-0.25, -0.2) is 0 Å². The van der Waals surface area contributed by atoms with E-state index in [0.717, 1.165) is 26.1 Å². The number of amides is 1. The summed E-state index contributed by atoms with van der Waals surface area (Å²) in [6, 6.07) is 4.34. The zero-order valence-corrected chi connectivity index (χ0v) is 10.2. The minimum Gasteiger partial charge on any atom is -0.340 e. The number of pyridine rings is 1. The number of piperazine rings is 1. The molecule has 1 atom stereocenters. The van der Waals surface area contributed by atoms with Gasteiger partial charge in [-0.1, -0.05) is 0 Å². The van der Waals surface area contributed by atoms with Crippen molar-refractivity contribution >= 4 is 5.91 Å². The summed E-state index contributed by atoms with van der Waals surface area (Å²) >= 11 is 0. The monoisotopic (exact) mass is 233 g/mol. The van der Waals surface area contributed by atoms with Crippen LogP contribution in [0.1, 0.15) is 18.9 Å². The lowest BCUT2D eigenvalue weighted by atomic mass is 10.1. The van der Waals surface area contributed by atoms with Crippen LogP contribution < -0.4 is 5.32 Å².